The van der Waals surface area contributed by atoms with Crippen molar-refractivity contribution in [3.05, 3.63) is 23.8 Å². The first-order chi connectivity index (χ1) is 10.0. The van der Waals surface area contributed by atoms with Crippen LogP contribution in [0.1, 0.15) is 45.2 Å². The van der Waals surface area contributed by atoms with Crippen LogP contribution in [-0.2, 0) is 4.79 Å². The Bertz CT molecular complexity index is 456. The highest BCUT2D eigenvalue weighted by atomic mass is 16.5. The number of ether oxygens (including phenoxy) is 1. The second-order valence-corrected chi connectivity index (χ2v) is 4.94. The molecule has 0 aliphatic rings. The largest absolute Gasteiger partial charge is 0.504 e. The molecule has 118 valence electrons. The molecular formula is C16H25NO4. The third kappa shape index (κ3) is 4.63. The van der Waals surface area contributed by atoms with Gasteiger partial charge in [-0.3, -0.25) is 9.69 Å². The molecule has 1 aromatic rings. The van der Waals surface area contributed by atoms with Crippen LogP contribution in [-0.4, -0.2) is 40.8 Å². The van der Waals surface area contributed by atoms with E-state index in [0.717, 1.165) is 25.9 Å². The molecule has 0 aliphatic heterocycles. The Morgan fingerprint density at radius 3 is 2.33 bits per heavy atom. The van der Waals surface area contributed by atoms with Crippen molar-refractivity contribution in [2.24, 2.45) is 0 Å². The molecule has 1 rings (SSSR count). The highest BCUT2D eigenvalue weighted by Crippen LogP contribution is 2.31. The maximum Gasteiger partial charge on any atom is 0.325 e. The summed E-state index contributed by atoms with van der Waals surface area (Å²) >= 11 is 0. The lowest BCUT2D eigenvalue weighted by Gasteiger charge is -2.28. The van der Waals surface area contributed by atoms with Gasteiger partial charge in [0.15, 0.2) is 11.5 Å². The first-order valence-electron chi connectivity index (χ1n) is 7.47. The van der Waals surface area contributed by atoms with Crippen LogP contribution in [0, 0.1) is 0 Å². The number of carboxylic acids is 1. The van der Waals surface area contributed by atoms with Gasteiger partial charge in [0.05, 0.1) is 6.61 Å². The molecule has 21 heavy (non-hydrogen) atoms. The smallest absolute Gasteiger partial charge is 0.325 e. The number of aromatic hydroxyl groups is 1. The van der Waals surface area contributed by atoms with E-state index in [2.05, 4.69) is 0 Å². The molecule has 0 bridgehead atoms. The summed E-state index contributed by atoms with van der Waals surface area (Å²) in [6.07, 6.45) is 1.78. The lowest BCUT2D eigenvalue weighted by atomic mass is 10.0. The third-order valence-electron chi connectivity index (χ3n) is 3.22. The third-order valence-corrected chi connectivity index (χ3v) is 3.22. The van der Waals surface area contributed by atoms with Crippen LogP contribution in [0.5, 0.6) is 11.5 Å². The molecule has 5 nitrogen and oxygen atoms in total. The fourth-order valence-corrected chi connectivity index (χ4v) is 2.43. The molecule has 1 atom stereocenters. The van der Waals surface area contributed by atoms with E-state index >= 15 is 0 Å². The highest BCUT2D eigenvalue weighted by molar-refractivity contribution is 5.76. The lowest BCUT2D eigenvalue weighted by Crippen LogP contribution is -2.35. The van der Waals surface area contributed by atoms with Gasteiger partial charge in [-0.05, 0) is 50.6 Å². The van der Waals surface area contributed by atoms with Crippen molar-refractivity contribution in [2.75, 3.05) is 19.7 Å². The van der Waals surface area contributed by atoms with Gasteiger partial charge in [0, 0.05) is 0 Å². The second kappa shape index (κ2) is 8.52. The summed E-state index contributed by atoms with van der Waals surface area (Å²) in [7, 11) is 0. The molecule has 2 N–H and O–H groups in total. The predicted octanol–water partition coefficient (Wildman–Crippen LogP) is 3.04. The summed E-state index contributed by atoms with van der Waals surface area (Å²) in [5.74, 6) is -0.526. The predicted molar refractivity (Wildman–Crippen MR) is 81.8 cm³/mol. The van der Waals surface area contributed by atoms with E-state index < -0.39 is 12.0 Å². The van der Waals surface area contributed by atoms with Crippen LogP contribution in [0.3, 0.4) is 0 Å². The standard InChI is InChI=1S/C16H25NO4/c1-4-9-17(10-5-2)15(16(19)20)12-7-8-13(18)14(11-12)21-6-3/h7-8,11,15,18H,4-6,9-10H2,1-3H3,(H,19,20). The minimum absolute atomic E-state index is 0.0299. The molecule has 0 aromatic heterocycles. The minimum Gasteiger partial charge on any atom is -0.504 e. The van der Waals surface area contributed by atoms with Crippen molar-refractivity contribution >= 4 is 5.97 Å². The summed E-state index contributed by atoms with van der Waals surface area (Å²) in [6.45, 7) is 7.74. The number of aliphatic carboxylic acids is 1. The summed E-state index contributed by atoms with van der Waals surface area (Å²) < 4.78 is 5.35. The summed E-state index contributed by atoms with van der Waals surface area (Å²) in [4.78, 5) is 13.6. The molecular weight excluding hydrogens is 270 g/mol. The zero-order chi connectivity index (χ0) is 15.8. The van der Waals surface area contributed by atoms with Gasteiger partial charge in [0.1, 0.15) is 6.04 Å². The minimum atomic E-state index is -0.884. The molecule has 0 aliphatic carbocycles. The Morgan fingerprint density at radius 1 is 1.24 bits per heavy atom. The molecule has 0 saturated carbocycles. The number of hydrogen-bond acceptors (Lipinski definition) is 4. The van der Waals surface area contributed by atoms with E-state index in [9.17, 15) is 15.0 Å². The lowest BCUT2D eigenvalue weighted by molar-refractivity contribution is -0.143. The molecule has 1 aromatic carbocycles. The fourth-order valence-electron chi connectivity index (χ4n) is 2.43. The summed E-state index contributed by atoms with van der Waals surface area (Å²) in [5, 5.41) is 19.3. The van der Waals surface area contributed by atoms with Gasteiger partial charge < -0.3 is 14.9 Å². The number of rotatable bonds is 9. The van der Waals surface area contributed by atoms with Gasteiger partial charge >= 0.3 is 5.97 Å². The number of nitrogens with zero attached hydrogens (tertiary/aromatic N) is 1. The van der Waals surface area contributed by atoms with Gasteiger partial charge in [-0.2, -0.15) is 0 Å². The van der Waals surface area contributed by atoms with Crippen LogP contribution in [0.15, 0.2) is 18.2 Å². The monoisotopic (exact) mass is 295 g/mol. The van der Waals surface area contributed by atoms with E-state index in [1.807, 2.05) is 25.7 Å². The number of carboxylic acid groups (broad SMARTS) is 1. The van der Waals surface area contributed by atoms with Gasteiger partial charge in [-0.15, -0.1) is 0 Å². The Morgan fingerprint density at radius 2 is 1.86 bits per heavy atom. The maximum absolute atomic E-state index is 11.7. The van der Waals surface area contributed by atoms with Crippen molar-refractivity contribution in [2.45, 2.75) is 39.7 Å². The molecule has 0 saturated heterocycles. The number of phenols is 1. The first kappa shape index (κ1) is 17.3. The van der Waals surface area contributed by atoms with Crippen molar-refractivity contribution in [3.63, 3.8) is 0 Å². The quantitative estimate of drug-likeness (QED) is 0.733. The van der Waals surface area contributed by atoms with E-state index in [0.29, 0.717) is 17.9 Å². The van der Waals surface area contributed by atoms with Gasteiger partial charge in [-0.25, -0.2) is 0 Å². The zero-order valence-corrected chi connectivity index (χ0v) is 13.0. The van der Waals surface area contributed by atoms with E-state index in [-0.39, 0.29) is 5.75 Å². The van der Waals surface area contributed by atoms with E-state index in [4.69, 9.17) is 4.74 Å². The first-order valence-corrected chi connectivity index (χ1v) is 7.47. The summed E-state index contributed by atoms with van der Waals surface area (Å²) in [6, 6.07) is 4.04. The van der Waals surface area contributed by atoms with Gasteiger partial charge in [-0.1, -0.05) is 19.9 Å². The fraction of sp³-hybridized carbons (Fsp3) is 0.562. The molecule has 0 radical (unpaired) electrons. The Kier molecular flexibility index (Phi) is 7.02. The molecule has 0 fully saturated rings. The Balaban J connectivity index is 3.14. The zero-order valence-electron chi connectivity index (χ0n) is 13.0. The molecule has 0 amide bonds. The number of carbonyl (C=O) groups is 1. The van der Waals surface area contributed by atoms with Crippen molar-refractivity contribution in [3.8, 4) is 11.5 Å². The number of benzene rings is 1. The van der Waals surface area contributed by atoms with Crippen LogP contribution in [0.2, 0.25) is 0 Å². The second-order valence-electron chi connectivity index (χ2n) is 4.94. The molecule has 0 spiro atoms. The topological polar surface area (TPSA) is 70.0 Å². The van der Waals surface area contributed by atoms with Gasteiger partial charge in [0.2, 0.25) is 0 Å². The van der Waals surface area contributed by atoms with E-state index in [1.165, 1.54) is 6.07 Å². The normalized spacial score (nSPS) is 12.4. The Labute approximate surface area is 126 Å². The average molecular weight is 295 g/mol. The van der Waals surface area contributed by atoms with Crippen molar-refractivity contribution in [1.82, 2.24) is 4.90 Å². The van der Waals surface area contributed by atoms with Gasteiger partial charge in [0.25, 0.3) is 0 Å². The molecule has 0 heterocycles. The number of hydrogen-bond donors (Lipinski definition) is 2. The van der Waals surface area contributed by atoms with Crippen LogP contribution >= 0.6 is 0 Å². The average Bonchev–Trinajstić information content (AvgIpc) is 2.43. The molecule has 5 heteroatoms. The van der Waals surface area contributed by atoms with Crippen LogP contribution in [0.25, 0.3) is 0 Å². The highest BCUT2D eigenvalue weighted by Gasteiger charge is 2.27. The van der Waals surface area contributed by atoms with Crippen molar-refractivity contribution < 1.29 is 19.7 Å². The Hall–Kier alpha value is -1.75. The van der Waals surface area contributed by atoms with Crippen LogP contribution < -0.4 is 4.74 Å². The number of phenolic OH excluding ortho intramolecular Hbond substituents is 1. The van der Waals surface area contributed by atoms with Crippen LogP contribution in [0.4, 0.5) is 0 Å². The van der Waals surface area contributed by atoms with E-state index in [1.54, 1.807) is 12.1 Å². The molecule has 1 unspecified atom stereocenters. The maximum atomic E-state index is 11.7. The van der Waals surface area contributed by atoms with Crippen molar-refractivity contribution in [1.29, 1.82) is 0 Å². The SMILES string of the molecule is CCCN(CCC)C(C(=O)O)c1ccc(O)c(OCC)c1. The summed E-state index contributed by atoms with van der Waals surface area (Å²) in [5.41, 5.74) is 0.630.